The van der Waals surface area contributed by atoms with Crippen molar-refractivity contribution in [3.05, 3.63) is 48.0 Å². The topological polar surface area (TPSA) is 34.0 Å². The highest BCUT2D eigenvalue weighted by molar-refractivity contribution is 7.99. The number of halogens is 3. The SMILES string of the molecule is O=C(CC[NH+]1CCOCC1)N1c2ccccc2Sc2ccc(C(F)(F)F)cc21. The van der Waals surface area contributed by atoms with E-state index in [1.165, 1.54) is 27.6 Å². The molecule has 4 rings (SSSR count). The maximum absolute atomic E-state index is 13.2. The molecule has 0 radical (unpaired) electrons. The Morgan fingerprint density at radius 2 is 1.79 bits per heavy atom. The van der Waals surface area contributed by atoms with E-state index in [1.54, 1.807) is 12.1 Å². The number of ether oxygens (including phenoxy) is 1. The smallest absolute Gasteiger partial charge is 0.370 e. The maximum Gasteiger partial charge on any atom is 0.416 e. The molecule has 8 heteroatoms. The molecule has 1 N–H and O–H groups in total. The number of anilines is 2. The third kappa shape index (κ3) is 3.90. The molecule has 2 heterocycles. The molecular weight excluding hydrogens is 389 g/mol. The van der Waals surface area contributed by atoms with Crippen LogP contribution in [0.2, 0.25) is 0 Å². The summed E-state index contributed by atoms with van der Waals surface area (Å²) >= 11 is 1.39. The van der Waals surface area contributed by atoms with E-state index in [9.17, 15) is 18.0 Å². The summed E-state index contributed by atoms with van der Waals surface area (Å²) in [5, 5.41) is 0. The third-order valence-corrected chi connectivity index (χ3v) is 6.13. The number of para-hydroxylation sites is 1. The molecule has 0 bridgehead atoms. The molecule has 1 amide bonds. The average molecular weight is 409 g/mol. The van der Waals surface area contributed by atoms with E-state index in [4.69, 9.17) is 4.74 Å². The molecule has 148 valence electrons. The molecular formula is C20H20F3N2O2S+. The Morgan fingerprint density at radius 3 is 2.54 bits per heavy atom. The predicted octanol–water partition coefficient (Wildman–Crippen LogP) is 3.14. The quantitative estimate of drug-likeness (QED) is 0.846. The highest BCUT2D eigenvalue weighted by Gasteiger charge is 2.35. The molecule has 28 heavy (non-hydrogen) atoms. The van der Waals surface area contributed by atoms with Crippen LogP contribution < -0.4 is 9.80 Å². The second-order valence-corrected chi connectivity index (χ2v) is 7.93. The molecule has 2 aliphatic rings. The first-order valence-corrected chi connectivity index (χ1v) is 9.97. The molecule has 0 unspecified atom stereocenters. The summed E-state index contributed by atoms with van der Waals surface area (Å²) in [4.78, 5) is 17.4. The Bertz CT molecular complexity index is 882. The monoisotopic (exact) mass is 409 g/mol. The minimum absolute atomic E-state index is 0.188. The van der Waals surface area contributed by atoms with Crippen LogP contribution in [-0.2, 0) is 15.7 Å². The Hall–Kier alpha value is -2.03. The van der Waals surface area contributed by atoms with Crippen LogP contribution in [0.25, 0.3) is 0 Å². The van der Waals surface area contributed by atoms with Crippen LogP contribution in [0, 0.1) is 0 Å². The van der Waals surface area contributed by atoms with E-state index >= 15 is 0 Å². The van der Waals surface area contributed by atoms with E-state index in [-0.39, 0.29) is 12.3 Å². The van der Waals surface area contributed by atoms with E-state index in [0.29, 0.717) is 36.0 Å². The molecule has 2 aromatic rings. The van der Waals surface area contributed by atoms with E-state index in [1.807, 2.05) is 12.1 Å². The lowest BCUT2D eigenvalue weighted by Gasteiger charge is -2.32. The first-order chi connectivity index (χ1) is 13.4. The number of hydrogen-bond acceptors (Lipinski definition) is 3. The van der Waals surface area contributed by atoms with Gasteiger partial charge < -0.3 is 9.64 Å². The minimum atomic E-state index is -4.46. The number of hydrogen-bond donors (Lipinski definition) is 1. The van der Waals surface area contributed by atoms with Crippen LogP contribution in [-0.4, -0.2) is 38.8 Å². The number of carbonyl (C=O) groups excluding carboxylic acids is 1. The van der Waals surface area contributed by atoms with Gasteiger partial charge in [0.15, 0.2) is 0 Å². The van der Waals surface area contributed by atoms with Crippen molar-refractivity contribution in [2.24, 2.45) is 0 Å². The summed E-state index contributed by atoms with van der Waals surface area (Å²) in [6.45, 7) is 3.67. The second-order valence-electron chi connectivity index (χ2n) is 6.84. The minimum Gasteiger partial charge on any atom is -0.370 e. The first-order valence-electron chi connectivity index (χ1n) is 9.16. The lowest BCUT2D eigenvalue weighted by Crippen LogP contribution is -3.14. The van der Waals surface area contributed by atoms with Gasteiger partial charge in [-0.3, -0.25) is 9.69 Å². The summed E-state index contributed by atoms with van der Waals surface area (Å²) in [5.74, 6) is -0.188. The number of benzene rings is 2. The Kier molecular flexibility index (Phi) is 5.35. The van der Waals surface area contributed by atoms with Gasteiger partial charge in [0.2, 0.25) is 5.91 Å². The van der Waals surface area contributed by atoms with Gasteiger partial charge in [0, 0.05) is 9.79 Å². The van der Waals surface area contributed by atoms with E-state index in [2.05, 4.69) is 0 Å². The number of fused-ring (bicyclic) bond motifs is 2. The highest BCUT2D eigenvalue weighted by Crippen LogP contribution is 2.49. The van der Waals surface area contributed by atoms with Crippen molar-refractivity contribution < 1.29 is 27.6 Å². The molecule has 0 atom stereocenters. The summed E-state index contributed by atoms with van der Waals surface area (Å²) < 4.78 is 45.1. The van der Waals surface area contributed by atoms with Crippen LogP contribution in [0.15, 0.2) is 52.3 Å². The molecule has 0 aromatic heterocycles. The van der Waals surface area contributed by atoms with Gasteiger partial charge in [0.1, 0.15) is 13.1 Å². The second kappa shape index (κ2) is 7.77. The van der Waals surface area contributed by atoms with Crippen LogP contribution in [0.1, 0.15) is 12.0 Å². The number of morpholine rings is 1. The predicted molar refractivity (Wildman–Crippen MR) is 100 cm³/mol. The molecule has 4 nitrogen and oxygen atoms in total. The van der Waals surface area contributed by atoms with Crippen molar-refractivity contribution in [2.75, 3.05) is 37.7 Å². The number of nitrogens with zero attached hydrogens (tertiary/aromatic N) is 1. The number of alkyl halides is 3. The fourth-order valence-electron chi connectivity index (χ4n) is 3.51. The van der Waals surface area contributed by atoms with Gasteiger partial charge in [0.25, 0.3) is 0 Å². The molecule has 2 aliphatic heterocycles. The summed E-state index contributed by atoms with van der Waals surface area (Å²) in [5.41, 5.74) is 0.199. The fraction of sp³-hybridized carbons (Fsp3) is 0.350. The average Bonchev–Trinajstić information content (AvgIpc) is 2.70. The van der Waals surface area contributed by atoms with Gasteiger partial charge in [-0.1, -0.05) is 23.9 Å². The van der Waals surface area contributed by atoms with E-state index in [0.717, 1.165) is 30.1 Å². The van der Waals surface area contributed by atoms with Gasteiger partial charge in [-0.15, -0.1) is 0 Å². The normalized spacial score (nSPS) is 17.2. The Balaban J connectivity index is 1.65. The molecule has 0 spiro atoms. The van der Waals surface area contributed by atoms with Gasteiger partial charge >= 0.3 is 6.18 Å². The number of rotatable bonds is 3. The van der Waals surface area contributed by atoms with Crippen LogP contribution in [0.5, 0.6) is 0 Å². The fourth-order valence-corrected chi connectivity index (χ4v) is 4.54. The first kappa shape index (κ1) is 19.3. The molecule has 1 saturated heterocycles. The third-order valence-electron chi connectivity index (χ3n) is 4.99. The summed E-state index contributed by atoms with van der Waals surface area (Å²) in [6.07, 6.45) is -4.19. The van der Waals surface area contributed by atoms with Gasteiger partial charge in [0.05, 0.1) is 43.1 Å². The lowest BCUT2D eigenvalue weighted by molar-refractivity contribution is -0.907. The number of amides is 1. The largest absolute Gasteiger partial charge is 0.416 e. The molecule has 0 saturated carbocycles. The van der Waals surface area contributed by atoms with Crippen LogP contribution in [0.4, 0.5) is 24.5 Å². The van der Waals surface area contributed by atoms with Crippen molar-refractivity contribution >= 4 is 29.0 Å². The highest BCUT2D eigenvalue weighted by atomic mass is 32.2. The van der Waals surface area contributed by atoms with Crippen molar-refractivity contribution in [3.63, 3.8) is 0 Å². The standard InChI is InChI=1S/C20H19F3N2O2S/c21-20(22,23)14-5-6-18-16(13-14)25(15-3-1-2-4-17(15)28-18)19(26)7-8-24-9-11-27-12-10-24/h1-6,13H,7-12H2/p+1. The van der Waals surface area contributed by atoms with Crippen molar-refractivity contribution in [1.29, 1.82) is 0 Å². The molecule has 0 aliphatic carbocycles. The molecule has 1 fully saturated rings. The summed E-state index contributed by atoms with van der Waals surface area (Å²) in [6, 6.07) is 10.9. The van der Waals surface area contributed by atoms with Gasteiger partial charge in [-0.2, -0.15) is 13.2 Å². The van der Waals surface area contributed by atoms with Gasteiger partial charge in [-0.05, 0) is 30.3 Å². The summed E-state index contributed by atoms with van der Waals surface area (Å²) in [7, 11) is 0. The zero-order valence-corrected chi connectivity index (χ0v) is 15.9. The van der Waals surface area contributed by atoms with Crippen molar-refractivity contribution in [3.8, 4) is 0 Å². The van der Waals surface area contributed by atoms with E-state index < -0.39 is 11.7 Å². The van der Waals surface area contributed by atoms with Crippen molar-refractivity contribution in [2.45, 2.75) is 22.4 Å². The lowest BCUT2D eigenvalue weighted by atomic mass is 10.1. The zero-order chi connectivity index (χ0) is 19.7. The number of carbonyl (C=O) groups is 1. The van der Waals surface area contributed by atoms with Crippen LogP contribution >= 0.6 is 11.8 Å². The molecule has 2 aromatic carbocycles. The maximum atomic E-state index is 13.2. The Labute approximate surface area is 165 Å². The van der Waals surface area contributed by atoms with Crippen molar-refractivity contribution in [1.82, 2.24) is 0 Å². The van der Waals surface area contributed by atoms with Gasteiger partial charge in [-0.25, -0.2) is 0 Å². The zero-order valence-electron chi connectivity index (χ0n) is 15.1. The number of quaternary nitrogens is 1. The Morgan fingerprint density at radius 1 is 1.07 bits per heavy atom. The number of nitrogens with one attached hydrogen (secondary N) is 1. The van der Waals surface area contributed by atoms with Crippen LogP contribution in [0.3, 0.4) is 0 Å².